The molecule has 0 bridgehead atoms. The zero-order valence-corrected chi connectivity index (χ0v) is 10.9. The minimum atomic E-state index is -0.797. The van der Waals surface area contributed by atoms with E-state index in [-0.39, 0.29) is 11.8 Å². The fraction of sp³-hybridized carbons (Fsp3) is 0.500. The molecular weight excluding hydrogens is 230 g/mol. The van der Waals surface area contributed by atoms with Crippen molar-refractivity contribution >= 4 is 5.97 Å². The van der Waals surface area contributed by atoms with E-state index in [0.29, 0.717) is 6.42 Å². The first-order chi connectivity index (χ1) is 8.52. The first-order valence-electron chi connectivity index (χ1n) is 6.29. The highest BCUT2D eigenvalue weighted by Crippen LogP contribution is 2.12. The first-order valence-corrected chi connectivity index (χ1v) is 6.29. The Morgan fingerprint density at radius 2 is 1.94 bits per heavy atom. The van der Waals surface area contributed by atoms with E-state index in [1.165, 1.54) is 0 Å². The minimum absolute atomic E-state index is 0.153. The number of hydrogen-bond acceptors (Lipinski definition) is 3. The van der Waals surface area contributed by atoms with Crippen molar-refractivity contribution in [3.05, 3.63) is 29.8 Å². The van der Waals surface area contributed by atoms with Crippen LogP contribution >= 0.6 is 0 Å². The Kier molecular flexibility index (Phi) is 5.65. The maximum atomic E-state index is 10.9. The lowest BCUT2D eigenvalue weighted by Gasteiger charge is -2.18. The zero-order valence-electron chi connectivity index (χ0n) is 10.9. The molecule has 0 aromatic heterocycles. The van der Waals surface area contributed by atoms with Crippen molar-refractivity contribution in [1.82, 2.24) is 5.32 Å². The van der Waals surface area contributed by atoms with E-state index in [9.17, 15) is 4.79 Å². The predicted molar refractivity (Wildman–Crippen MR) is 70.7 cm³/mol. The van der Waals surface area contributed by atoms with Crippen LogP contribution in [0.25, 0.3) is 0 Å². The molecular formula is C14H21NO3. The summed E-state index contributed by atoms with van der Waals surface area (Å²) in [6.45, 7) is 3.85. The van der Waals surface area contributed by atoms with Crippen molar-refractivity contribution in [3.63, 3.8) is 0 Å². The SMILES string of the molecule is CCC(NC(C)CCc1ccc(O)cc1)C(=O)O. The number of carboxylic acids is 1. The number of carboxylic acid groups (broad SMARTS) is 1. The van der Waals surface area contributed by atoms with Gasteiger partial charge >= 0.3 is 5.97 Å². The minimum Gasteiger partial charge on any atom is -0.508 e. The van der Waals surface area contributed by atoms with E-state index < -0.39 is 12.0 Å². The second-order valence-corrected chi connectivity index (χ2v) is 4.57. The largest absolute Gasteiger partial charge is 0.508 e. The molecule has 1 aromatic carbocycles. The van der Waals surface area contributed by atoms with Crippen molar-refractivity contribution in [2.75, 3.05) is 0 Å². The lowest BCUT2D eigenvalue weighted by atomic mass is 10.0. The Hall–Kier alpha value is -1.55. The van der Waals surface area contributed by atoms with Crippen molar-refractivity contribution < 1.29 is 15.0 Å². The number of phenolic OH excluding ortho intramolecular Hbond substituents is 1. The Morgan fingerprint density at radius 1 is 1.33 bits per heavy atom. The molecule has 0 aliphatic carbocycles. The number of aromatic hydroxyl groups is 1. The molecule has 0 radical (unpaired) electrons. The number of carbonyl (C=O) groups is 1. The van der Waals surface area contributed by atoms with E-state index in [2.05, 4.69) is 5.32 Å². The van der Waals surface area contributed by atoms with Gasteiger partial charge in [-0.3, -0.25) is 4.79 Å². The molecule has 100 valence electrons. The quantitative estimate of drug-likeness (QED) is 0.694. The summed E-state index contributed by atoms with van der Waals surface area (Å²) in [7, 11) is 0. The van der Waals surface area contributed by atoms with Crippen LogP contribution in [0.3, 0.4) is 0 Å². The van der Waals surface area contributed by atoms with Crippen LogP contribution in [0.2, 0.25) is 0 Å². The Morgan fingerprint density at radius 3 is 2.44 bits per heavy atom. The van der Waals surface area contributed by atoms with Gasteiger partial charge in [-0.05, 0) is 43.9 Å². The molecule has 0 heterocycles. The summed E-state index contributed by atoms with van der Waals surface area (Å²) in [6, 6.07) is 6.78. The molecule has 2 atom stereocenters. The van der Waals surface area contributed by atoms with Gasteiger partial charge in [-0.2, -0.15) is 0 Å². The monoisotopic (exact) mass is 251 g/mol. The average Bonchev–Trinajstić information content (AvgIpc) is 2.35. The van der Waals surface area contributed by atoms with Gasteiger partial charge in [0.2, 0.25) is 0 Å². The van der Waals surface area contributed by atoms with Crippen LogP contribution in [0.1, 0.15) is 32.3 Å². The number of aryl methyl sites for hydroxylation is 1. The van der Waals surface area contributed by atoms with Gasteiger partial charge in [-0.15, -0.1) is 0 Å². The summed E-state index contributed by atoms with van der Waals surface area (Å²) in [6.07, 6.45) is 2.32. The fourth-order valence-corrected chi connectivity index (χ4v) is 1.84. The molecule has 3 N–H and O–H groups in total. The third-order valence-corrected chi connectivity index (χ3v) is 2.99. The first kappa shape index (κ1) is 14.5. The normalized spacial score (nSPS) is 14.1. The molecule has 4 heteroatoms. The summed E-state index contributed by atoms with van der Waals surface area (Å²) in [5.74, 6) is -0.532. The van der Waals surface area contributed by atoms with Crippen LogP contribution in [0.4, 0.5) is 0 Å². The van der Waals surface area contributed by atoms with Crippen LogP contribution in [-0.2, 0) is 11.2 Å². The van der Waals surface area contributed by atoms with Gasteiger partial charge in [0.15, 0.2) is 0 Å². The Bertz CT molecular complexity index is 375. The number of benzene rings is 1. The molecule has 0 amide bonds. The summed E-state index contributed by atoms with van der Waals surface area (Å²) in [4.78, 5) is 10.9. The summed E-state index contributed by atoms with van der Waals surface area (Å²) in [5.41, 5.74) is 1.14. The smallest absolute Gasteiger partial charge is 0.320 e. The third kappa shape index (κ3) is 4.75. The molecule has 0 aliphatic rings. The van der Waals surface area contributed by atoms with E-state index >= 15 is 0 Å². The van der Waals surface area contributed by atoms with Crippen LogP contribution in [0.15, 0.2) is 24.3 Å². The maximum Gasteiger partial charge on any atom is 0.320 e. The number of hydrogen-bond donors (Lipinski definition) is 3. The van der Waals surface area contributed by atoms with E-state index in [0.717, 1.165) is 18.4 Å². The molecule has 1 rings (SSSR count). The van der Waals surface area contributed by atoms with Gasteiger partial charge in [-0.1, -0.05) is 19.1 Å². The van der Waals surface area contributed by atoms with Crippen molar-refractivity contribution in [1.29, 1.82) is 0 Å². The zero-order chi connectivity index (χ0) is 13.5. The molecule has 0 fully saturated rings. The molecule has 0 saturated heterocycles. The van der Waals surface area contributed by atoms with Gasteiger partial charge in [0.1, 0.15) is 11.8 Å². The fourth-order valence-electron chi connectivity index (χ4n) is 1.84. The highest BCUT2D eigenvalue weighted by Gasteiger charge is 2.16. The second kappa shape index (κ2) is 7.01. The molecule has 0 saturated carbocycles. The van der Waals surface area contributed by atoms with Crippen LogP contribution < -0.4 is 5.32 Å². The summed E-state index contributed by atoms with van der Waals surface area (Å²) < 4.78 is 0. The van der Waals surface area contributed by atoms with Crippen molar-refractivity contribution in [2.45, 2.75) is 45.2 Å². The number of aliphatic carboxylic acids is 1. The topological polar surface area (TPSA) is 69.6 Å². The van der Waals surface area contributed by atoms with E-state index in [1.54, 1.807) is 12.1 Å². The second-order valence-electron chi connectivity index (χ2n) is 4.57. The van der Waals surface area contributed by atoms with Gasteiger partial charge in [0, 0.05) is 6.04 Å². The highest BCUT2D eigenvalue weighted by atomic mass is 16.4. The average molecular weight is 251 g/mol. The Labute approximate surface area is 108 Å². The van der Waals surface area contributed by atoms with Crippen molar-refractivity contribution in [2.24, 2.45) is 0 Å². The van der Waals surface area contributed by atoms with Gasteiger partial charge in [0.05, 0.1) is 0 Å². The molecule has 1 aromatic rings. The standard InChI is InChI=1S/C14H21NO3/c1-3-13(14(17)18)15-10(2)4-5-11-6-8-12(16)9-7-11/h6-10,13,15-16H,3-5H2,1-2H3,(H,17,18). The van der Waals surface area contributed by atoms with E-state index in [4.69, 9.17) is 10.2 Å². The molecule has 0 aliphatic heterocycles. The molecule has 18 heavy (non-hydrogen) atoms. The van der Waals surface area contributed by atoms with Gasteiger partial charge in [-0.25, -0.2) is 0 Å². The van der Waals surface area contributed by atoms with Crippen LogP contribution in [0, 0.1) is 0 Å². The highest BCUT2D eigenvalue weighted by molar-refractivity contribution is 5.73. The molecule has 2 unspecified atom stereocenters. The van der Waals surface area contributed by atoms with Gasteiger partial charge < -0.3 is 15.5 Å². The van der Waals surface area contributed by atoms with Crippen LogP contribution in [-0.4, -0.2) is 28.3 Å². The number of nitrogens with one attached hydrogen (secondary N) is 1. The maximum absolute atomic E-state index is 10.9. The molecule has 4 nitrogen and oxygen atoms in total. The van der Waals surface area contributed by atoms with Crippen molar-refractivity contribution in [3.8, 4) is 5.75 Å². The molecule has 0 spiro atoms. The lowest BCUT2D eigenvalue weighted by Crippen LogP contribution is -2.41. The van der Waals surface area contributed by atoms with Crippen LogP contribution in [0.5, 0.6) is 5.75 Å². The third-order valence-electron chi connectivity index (χ3n) is 2.99. The Balaban J connectivity index is 2.38. The lowest BCUT2D eigenvalue weighted by molar-refractivity contribution is -0.139. The number of phenols is 1. The predicted octanol–water partition coefficient (Wildman–Crippen LogP) is 2.17. The summed E-state index contributed by atoms with van der Waals surface area (Å²) >= 11 is 0. The number of rotatable bonds is 7. The van der Waals surface area contributed by atoms with E-state index in [1.807, 2.05) is 26.0 Å². The van der Waals surface area contributed by atoms with Gasteiger partial charge in [0.25, 0.3) is 0 Å². The summed E-state index contributed by atoms with van der Waals surface area (Å²) in [5, 5.41) is 21.2.